The van der Waals surface area contributed by atoms with Crippen molar-refractivity contribution in [2.24, 2.45) is 0 Å². The summed E-state index contributed by atoms with van der Waals surface area (Å²) in [5.74, 6) is 0. The van der Waals surface area contributed by atoms with Crippen molar-refractivity contribution in [3.05, 3.63) is 35.4 Å². The van der Waals surface area contributed by atoms with E-state index in [-0.39, 0.29) is 0 Å². The molecular weight excluding hydrogens is 170 g/mol. The summed E-state index contributed by atoms with van der Waals surface area (Å²) < 4.78 is 0. The second-order valence-electron chi connectivity index (χ2n) is 3.96. The molecule has 0 aliphatic rings. The minimum atomic E-state index is 0.562. The predicted molar refractivity (Wildman–Crippen MR) is 62.7 cm³/mol. The van der Waals surface area contributed by atoms with E-state index in [2.05, 4.69) is 43.4 Å². The lowest BCUT2D eigenvalue weighted by Crippen LogP contribution is -2.23. The average Bonchev–Trinajstić information content (AvgIpc) is 2.21. The topological polar surface area (TPSA) is 12.0 Å². The van der Waals surface area contributed by atoms with Crippen LogP contribution in [0, 0.1) is 0 Å². The number of likely N-dealkylation sites (N-methyl/N-ethyl adjacent to an activating group) is 1. The summed E-state index contributed by atoms with van der Waals surface area (Å²) in [7, 11) is 2.01. The lowest BCUT2D eigenvalue weighted by atomic mass is 10.0. The highest BCUT2D eigenvalue weighted by Gasteiger charge is 1.99. The first-order chi connectivity index (χ1) is 6.76. The summed E-state index contributed by atoms with van der Waals surface area (Å²) in [4.78, 5) is 0. The Bertz CT molecular complexity index is 250. The summed E-state index contributed by atoms with van der Waals surface area (Å²) >= 11 is 0. The van der Waals surface area contributed by atoms with Crippen LogP contribution in [0.2, 0.25) is 0 Å². The van der Waals surface area contributed by atoms with Crippen LogP contribution in [-0.2, 0) is 12.8 Å². The van der Waals surface area contributed by atoms with Crippen LogP contribution >= 0.6 is 0 Å². The van der Waals surface area contributed by atoms with E-state index in [1.165, 1.54) is 24.0 Å². The van der Waals surface area contributed by atoms with Crippen molar-refractivity contribution in [1.29, 1.82) is 0 Å². The molecule has 0 aromatic heterocycles. The van der Waals surface area contributed by atoms with Crippen molar-refractivity contribution in [3.63, 3.8) is 0 Å². The van der Waals surface area contributed by atoms with Gasteiger partial charge in [0.05, 0.1) is 0 Å². The van der Waals surface area contributed by atoms with Gasteiger partial charge in [-0.1, -0.05) is 37.6 Å². The van der Waals surface area contributed by atoms with Gasteiger partial charge in [-0.15, -0.1) is 0 Å². The van der Waals surface area contributed by atoms with Gasteiger partial charge in [0.2, 0.25) is 0 Å². The van der Waals surface area contributed by atoms with Crippen molar-refractivity contribution in [2.45, 2.75) is 39.2 Å². The second kappa shape index (κ2) is 5.82. The average molecular weight is 191 g/mol. The lowest BCUT2D eigenvalue weighted by Gasteiger charge is -2.10. The van der Waals surface area contributed by atoms with Crippen molar-refractivity contribution in [3.8, 4) is 0 Å². The van der Waals surface area contributed by atoms with E-state index in [0.717, 1.165) is 6.42 Å². The van der Waals surface area contributed by atoms with Crippen LogP contribution in [0.25, 0.3) is 0 Å². The molecule has 0 fully saturated rings. The van der Waals surface area contributed by atoms with Crippen LogP contribution in [0.5, 0.6) is 0 Å². The van der Waals surface area contributed by atoms with Gasteiger partial charge in [-0.25, -0.2) is 0 Å². The molecule has 0 amide bonds. The van der Waals surface area contributed by atoms with Crippen LogP contribution in [0.1, 0.15) is 31.4 Å². The summed E-state index contributed by atoms with van der Waals surface area (Å²) in [5, 5.41) is 3.25. The molecule has 1 N–H and O–H groups in total. The Morgan fingerprint density at radius 2 is 1.71 bits per heavy atom. The van der Waals surface area contributed by atoms with Crippen LogP contribution in [0.4, 0.5) is 0 Å². The summed E-state index contributed by atoms with van der Waals surface area (Å²) in [6, 6.07) is 9.56. The molecule has 1 aromatic carbocycles. The van der Waals surface area contributed by atoms with E-state index in [1.54, 1.807) is 0 Å². The molecule has 0 aliphatic carbocycles. The Hall–Kier alpha value is -0.820. The Balaban J connectivity index is 2.54. The highest BCUT2D eigenvalue weighted by Crippen LogP contribution is 2.08. The highest BCUT2D eigenvalue weighted by molar-refractivity contribution is 5.23. The first-order valence-corrected chi connectivity index (χ1v) is 5.51. The molecule has 0 aliphatic heterocycles. The number of hydrogen-bond donors (Lipinski definition) is 1. The van der Waals surface area contributed by atoms with Crippen LogP contribution in [0.3, 0.4) is 0 Å². The molecule has 78 valence electrons. The van der Waals surface area contributed by atoms with E-state index in [9.17, 15) is 0 Å². The van der Waals surface area contributed by atoms with E-state index in [4.69, 9.17) is 0 Å². The monoisotopic (exact) mass is 191 g/mol. The van der Waals surface area contributed by atoms with Crippen molar-refractivity contribution < 1.29 is 0 Å². The molecular formula is C13H21N. The highest BCUT2D eigenvalue weighted by atomic mass is 14.8. The van der Waals surface area contributed by atoms with Crippen molar-refractivity contribution in [1.82, 2.24) is 5.32 Å². The van der Waals surface area contributed by atoms with Gasteiger partial charge in [-0.3, -0.25) is 0 Å². The van der Waals surface area contributed by atoms with Gasteiger partial charge in [0.1, 0.15) is 0 Å². The Morgan fingerprint density at radius 3 is 2.21 bits per heavy atom. The van der Waals surface area contributed by atoms with Gasteiger partial charge in [-0.05, 0) is 37.9 Å². The largest absolute Gasteiger partial charge is 0.317 e. The molecule has 1 heteroatoms. The zero-order valence-corrected chi connectivity index (χ0v) is 9.51. The molecule has 14 heavy (non-hydrogen) atoms. The molecule has 0 radical (unpaired) electrons. The summed E-state index contributed by atoms with van der Waals surface area (Å²) in [5.41, 5.74) is 2.88. The summed E-state index contributed by atoms with van der Waals surface area (Å²) in [6.07, 6.45) is 3.54. The Labute approximate surface area is 87.5 Å². The molecule has 0 saturated carbocycles. The SMILES string of the molecule is CCCc1ccc(C[C@@H](C)NC)cc1. The van der Waals surface area contributed by atoms with Gasteiger partial charge in [0.15, 0.2) is 0 Å². The number of aryl methyl sites for hydroxylation is 1. The fourth-order valence-electron chi connectivity index (χ4n) is 1.59. The second-order valence-corrected chi connectivity index (χ2v) is 3.96. The van der Waals surface area contributed by atoms with Gasteiger partial charge in [0.25, 0.3) is 0 Å². The molecule has 1 rings (SSSR count). The van der Waals surface area contributed by atoms with Crippen molar-refractivity contribution >= 4 is 0 Å². The third-order valence-corrected chi connectivity index (χ3v) is 2.60. The van der Waals surface area contributed by atoms with Gasteiger partial charge in [0, 0.05) is 6.04 Å². The number of rotatable bonds is 5. The number of benzene rings is 1. The molecule has 0 spiro atoms. The fourth-order valence-corrected chi connectivity index (χ4v) is 1.59. The first kappa shape index (κ1) is 11.3. The molecule has 1 nitrogen and oxygen atoms in total. The maximum absolute atomic E-state index is 3.25. The van der Waals surface area contributed by atoms with Gasteiger partial charge < -0.3 is 5.32 Å². The van der Waals surface area contributed by atoms with E-state index >= 15 is 0 Å². The standard InChI is InChI=1S/C13H21N/c1-4-5-12-6-8-13(9-7-12)10-11(2)14-3/h6-9,11,14H,4-5,10H2,1-3H3/t11-/m1/s1. The molecule has 1 atom stereocenters. The van der Waals surface area contributed by atoms with Gasteiger partial charge in [-0.2, -0.15) is 0 Å². The Morgan fingerprint density at radius 1 is 1.14 bits per heavy atom. The molecule has 0 bridgehead atoms. The molecule has 0 heterocycles. The predicted octanol–water partition coefficient (Wildman–Crippen LogP) is 2.79. The van der Waals surface area contributed by atoms with E-state index in [0.29, 0.717) is 6.04 Å². The van der Waals surface area contributed by atoms with E-state index in [1.807, 2.05) is 7.05 Å². The van der Waals surface area contributed by atoms with Crippen LogP contribution in [0.15, 0.2) is 24.3 Å². The van der Waals surface area contributed by atoms with Crippen LogP contribution < -0.4 is 5.32 Å². The zero-order valence-electron chi connectivity index (χ0n) is 9.51. The number of hydrogen-bond acceptors (Lipinski definition) is 1. The zero-order chi connectivity index (χ0) is 10.4. The van der Waals surface area contributed by atoms with Gasteiger partial charge >= 0.3 is 0 Å². The number of nitrogens with one attached hydrogen (secondary N) is 1. The minimum Gasteiger partial charge on any atom is -0.317 e. The smallest absolute Gasteiger partial charge is 0.00761 e. The molecule has 0 unspecified atom stereocenters. The quantitative estimate of drug-likeness (QED) is 0.754. The van der Waals surface area contributed by atoms with E-state index < -0.39 is 0 Å². The fraction of sp³-hybridized carbons (Fsp3) is 0.538. The Kier molecular flexibility index (Phi) is 4.68. The molecule has 1 aromatic rings. The lowest BCUT2D eigenvalue weighted by molar-refractivity contribution is 0.608. The third-order valence-electron chi connectivity index (χ3n) is 2.60. The maximum atomic E-state index is 3.25. The minimum absolute atomic E-state index is 0.562. The maximum Gasteiger partial charge on any atom is 0.00761 e. The van der Waals surface area contributed by atoms with Crippen LogP contribution in [-0.4, -0.2) is 13.1 Å². The van der Waals surface area contributed by atoms with Crippen molar-refractivity contribution in [2.75, 3.05) is 7.05 Å². The molecule has 0 saturated heterocycles. The summed E-state index contributed by atoms with van der Waals surface area (Å²) in [6.45, 7) is 4.43. The third kappa shape index (κ3) is 3.51. The first-order valence-electron chi connectivity index (χ1n) is 5.51. The normalized spacial score (nSPS) is 12.8.